The summed E-state index contributed by atoms with van der Waals surface area (Å²) in [5.41, 5.74) is 6.32. The zero-order valence-electron chi connectivity index (χ0n) is 16.6. The minimum absolute atomic E-state index is 0.117. The van der Waals surface area contributed by atoms with Crippen LogP contribution >= 0.6 is 0 Å². The second kappa shape index (κ2) is 7.75. The van der Waals surface area contributed by atoms with Crippen LogP contribution in [0.1, 0.15) is 22.3 Å². The highest BCUT2D eigenvalue weighted by Crippen LogP contribution is 2.31. The lowest BCUT2D eigenvalue weighted by atomic mass is 9.98. The number of nitrogens with one attached hydrogen (secondary N) is 2. The van der Waals surface area contributed by atoms with E-state index < -0.39 is 10.0 Å². The SMILES string of the molecule is Cc1cc(C)cc(-c2ccnc3[nH]cc(CNS(=O)(=O)c4ccc(C#N)cc4)c23)c1. The number of sulfonamides is 1. The predicted octanol–water partition coefficient (Wildman–Crippen LogP) is 4.20. The second-order valence-electron chi connectivity index (χ2n) is 7.23. The first-order chi connectivity index (χ1) is 14.4. The average molecular weight is 417 g/mol. The molecule has 0 saturated carbocycles. The number of benzene rings is 2. The van der Waals surface area contributed by atoms with E-state index in [4.69, 9.17) is 5.26 Å². The smallest absolute Gasteiger partial charge is 0.240 e. The lowest BCUT2D eigenvalue weighted by molar-refractivity contribution is 0.581. The quantitative estimate of drug-likeness (QED) is 0.509. The van der Waals surface area contributed by atoms with Gasteiger partial charge in [0, 0.05) is 24.3 Å². The summed E-state index contributed by atoms with van der Waals surface area (Å²) in [5.74, 6) is 0. The molecule has 0 aliphatic heterocycles. The van der Waals surface area contributed by atoms with Crippen LogP contribution in [0.5, 0.6) is 0 Å². The number of aromatic nitrogens is 2. The molecule has 2 N–H and O–H groups in total. The van der Waals surface area contributed by atoms with Crippen molar-refractivity contribution in [3.63, 3.8) is 0 Å². The number of fused-ring (bicyclic) bond motifs is 1. The third-order valence-electron chi connectivity index (χ3n) is 4.93. The lowest BCUT2D eigenvalue weighted by Crippen LogP contribution is -2.23. The van der Waals surface area contributed by atoms with Gasteiger partial charge in [-0.25, -0.2) is 18.1 Å². The van der Waals surface area contributed by atoms with Crippen molar-refractivity contribution in [2.45, 2.75) is 25.3 Å². The highest BCUT2D eigenvalue weighted by Gasteiger charge is 2.17. The molecule has 150 valence electrons. The molecule has 4 aromatic rings. The maximum atomic E-state index is 12.7. The number of hydrogen-bond acceptors (Lipinski definition) is 4. The van der Waals surface area contributed by atoms with E-state index in [9.17, 15) is 8.42 Å². The molecule has 7 heteroatoms. The number of aromatic amines is 1. The Balaban J connectivity index is 1.69. The van der Waals surface area contributed by atoms with Gasteiger partial charge in [-0.3, -0.25) is 0 Å². The summed E-state index contributed by atoms with van der Waals surface area (Å²) in [6.45, 7) is 4.23. The molecule has 0 fully saturated rings. The van der Waals surface area contributed by atoms with Crippen LogP contribution in [-0.4, -0.2) is 18.4 Å². The van der Waals surface area contributed by atoms with Gasteiger partial charge >= 0.3 is 0 Å². The van der Waals surface area contributed by atoms with Gasteiger partial charge in [-0.1, -0.05) is 29.3 Å². The molecule has 2 aromatic carbocycles. The summed E-state index contributed by atoms with van der Waals surface area (Å²) in [4.78, 5) is 7.65. The maximum Gasteiger partial charge on any atom is 0.240 e. The van der Waals surface area contributed by atoms with Crippen molar-refractivity contribution in [3.05, 3.63) is 83.2 Å². The molecule has 0 unspecified atom stereocenters. The number of H-pyrrole nitrogens is 1. The number of nitrogens with zero attached hydrogens (tertiary/aromatic N) is 2. The summed E-state index contributed by atoms with van der Waals surface area (Å²) >= 11 is 0. The van der Waals surface area contributed by atoms with Crippen molar-refractivity contribution in [1.29, 1.82) is 5.26 Å². The molecule has 0 saturated heterocycles. The second-order valence-corrected chi connectivity index (χ2v) is 9.00. The Bertz CT molecular complexity index is 1360. The molecule has 30 heavy (non-hydrogen) atoms. The predicted molar refractivity (Wildman–Crippen MR) is 116 cm³/mol. The highest BCUT2D eigenvalue weighted by atomic mass is 32.2. The molecular formula is C23H20N4O2S. The van der Waals surface area contributed by atoms with Crippen molar-refractivity contribution < 1.29 is 8.42 Å². The van der Waals surface area contributed by atoms with E-state index in [1.54, 1.807) is 12.4 Å². The van der Waals surface area contributed by atoms with Gasteiger partial charge in [-0.05, 0) is 60.9 Å². The standard InChI is InChI=1S/C23H20N4O2S/c1-15-9-16(2)11-18(10-15)21-7-8-25-23-22(21)19(13-26-23)14-27-30(28,29)20-5-3-17(12-24)4-6-20/h3-11,13,27H,14H2,1-2H3,(H,25,26). The van der Waals surface area contributed by atoms with Gasteiger partial charge in [0.15, 0.2) is 0 Å². The molecule has 0 aliphatic carbocycles. The van der Waals surface area contributed by atoms with E-state index in [0.29, 0.717) is 11.2 Å². The molecule has 2 aromatic heterocycles. The van der Waals surface area contributed by atoms with Gasteiger partial charge in [0.25, 0.3) is 0 Å². The monoisotopic (exact) mass is 416 g/mol. The van der Waals surface area contributed by atoms with Crippen molar-refractivity contribution in [2.75, 3.05) is 0 Å². The third-order valence-corrected chi connectivity index (χ3v) is 6.35. The van der Waals surface area contributed by atoms with Gasteiger partial charge in [-0.2, -0.15) is 5.26 Å². The van der Waals surface area contributed by atoms with Crippen LogP contribution in [0.25, 0.3) is 22.2 Å². The number of nitriles is 1. The van der Waals surface area contributed by atoms with Crippen molar-refractivity contribution >= 4 is 21.1 Å². The summed E-state index contributed by atoms with van der Waals surface area (Å²) < 4.78 is 28.0. The van der Waals surface area contributed by atoms with E-state index in [1.807, 2.05) is 12.1 Å². The van der Waals surface area contributed by atoms with E-state index in [2.05, 4.69) is 46.7 Å². The summed E-state index contributed by atoms with van der Waals surface area (Å²) in [7, 11) is -3.71. The molecule has 0 radical (unpaired) electrons. The van der Waals surface area contributed by atoms with Crippen LogP contribution in [0.4, 0.5) is 0 Å². The Morgan fingerprint density at radius 3 is 2.43 bits per heavy atom. The molecule has 0 aliphatic rings. The maximum absolute atomic E-state index is 12.7. The fourth-order valence-electron chi connectivity index (χ4n) is 3.60. The van der Waals surface area contributed by atoms with Crippen LogP contribution in [0, 0.1) is 25.2 Å². The molecule has 0 atom stereocenters. The Morgan fingerprint density at radius 1 is 1.07 bits per heavy atom. The van der Waals surface area contributed by atoms with Crippen molar-refractivity contribution in [2.24, 2.45) is 0 Å². The van der Waals surface area contributed by atoms with Crippen molar-refractivity contribution in [1.82, 2.24) is 14.7 Å². The van der Waals surface area contributed by atoms with E-state index in [0.717, 1.165) is 33.2 Å². The number of aryl methyl sites for hydroxylation is 2. The number of pyridine rings is 1. The van der Waals surface area contributed by atoms with Crippen LogP contribution in [0.3, 0.4) is 0 Å². The zero-order valence-corrected chi connectivity index (χ0v) is 17.4. The Labute approximate surface area is 175 Å². The number of rotatable bonds is 5. The van der Waals surface area contributed by atoms with Gasteiger partial charge in [0.2, 0.25) is 10.0 Å². The fourth-order valence-corrected chi connectivity index (χ4v) is 4.61. The van der Waals surface area contributed by atoms with Gasteiger partial charge in [-0.15, -0.1) is 0 Å². The van der Waals surface area contributed by atoms with Crippen LogP contribution in [-0.2, 0) is 16.6 Å². The molecule has 2 heterocycles. The van der Waals surface area contributed by atoms with E-state index in [-0.39, 0.29) is 11.4 Å². The van der Waals surface area contributed by atoms with E-state index >= 15 is 0 Å². The topological polar surface area (TPSA) is 98.6 Å². The van der Waals surface area contributed by atoms with E-state index in [1.165, 1.54) is 24.3 Å². The molecular weight excluding hydrogens is 396 g/mol. The van der Waals surface area contributed by atoms with Crippen LogP contribution in [0.15, 0.2) is 65.8 Å². The van der Waals surface area contributed by atoms with Gasteiger partial charge < -0.3 is 4.98 Å². The molecule has 0 amide bonds. The van der Waals surface area contributed by atoms with Gasteiger partial charge in [0.1, 0.15) is 5.65 Å². The average Bonchev–Trinajstić information content (AvgIpc) is 3.15. The number of hydrogen-bond donors (Lipinski definition) is 2. The van der Waals surface area contributed by atoms with Crippen LogP contribution in [0.2, 0.25) is 0 Å². The molecule has 0 spiro atoms. The summed E-state index contributed by atoms with van der Waals surface area (Å²) in [6.07, 6.45) is 3.53. The highest BCUT2D eigenvalue weighted by molar-refractivity contribution is 7.89. The molecule has 4 rings (SSSR count). The Morgan fingerprint density at radius 2 is 1.77 bits per heavy atom. The minimum Gasteiger partial charge on any atom is -0.346 e. The van der Waals surface area contributed by atoms with Crippen molar-refractivity contribution in [3.8, 4) is 17.2 Å². The lowest BCUT2D eigenvalue weighted by Gasteiger charge is -2.10. The first-order valence-electron chi connectivity index (χ1n) is 9.41. The van der Waals surface area contributed by atoms with Crippen LogP contribution < -0.4 is 4.72 Å². The third kappa shape index (κ3) is 3.83. The fraction of sp³-hybridized carbons (Fsp3) is 0.130. The normalized spacial score (nSPS) is 11.5. The molecule has 6 nitrogen and oxygen atoms in total. The van der Waals surface area contributed by atoms with Gasteiger partial charge in [0.05, 0.1) is 16.5 Å². The summed E-state index contributed by atoms with van der Waals surface area (Å²) in [5, 5.41) is 9.78. The first kappa shape index (κ1) is 19.8. The molecule has 0 bridgehead atoms. The minimum atomic E-state index is -3.71. The Kier molecular flexibility index (Phi) is 5.12. The Hall–Kier alpha value is -3.47. The zero-order chi connectivity index (χ0) is 21.3. The summed E-state index contributed by atoms with van der Waals surface area (Å²) in [6, 6.07) is 16.1. The largest absolute Gasteiger partial charge is 0.346 e. The first-order valence-corrected chi connectivity index (χ1v) is 10.9.